The number of esters is 1. The Morgan fingerprint density at radius 3 is 2.29 bits per heavy atom. The molecule has 0 aliphatic heterocycles. The smallest absolute Gasteiger partial charge is 0.340 e. The van der Waals surface area contributed by atoms with Crippen LogP contribution in [0, 0.1) is 0 Å². The lowest BCUT2D eigenvalue weighted by Crippen LogP contribution is -2.07. The minimum Gasteiger partial charge on any atom is -0.462 e. The lowest BCUT2D eigenvalue weighted by Gasteiger charge is -2.07. The van der Waals surface area contributed by atoms with Crippen molar-refractivity contribution in [3.8, 4) is 0 Å². The minimum atomic E-state index is -0.550. The molecule has 34 heavy (non-hydrogen) atoms. The summed E-state index contributed by atoms with van der Waals surface area (Å²) in [6.45, 7) is 1.91. The van der Waals surface area contributed by atoms with E-state index >= 15 is 0 Å². The predicted molar refractivity (Wildman–Crippen MR) is 128 cm³/mol. The van der Waals surface area contributed by atoms with Crippen LogP contribution in [0.1, 0.15) is 49.3 Å². The summed E-state index contributed by atoms with van der Waals surface area (Å²) < 4.78 is 6.85. The zero-order chi connectivity index (χ0) is 23.7. The molecule has 5 rings (SSSR count). The molecular formula is C28H20N2O4. The van der Waals surface area contributed by atoms with Gasteiger partial charge in [0, 0.05) is 35.3 Å². The monoisotopic (exact) mass is 448 g/mol. The molecule has 0 radical (unpaired) electrons. The lowest BCUT2D eigenvalue weighted by atomic mass is 10.0. The summed E-state index contributed by atoms with van der Waals surface area (Å²) in [7, 11) is 0. The summed E-state index contributed by atoms with van der Waals surface area (Å²) >= 11 is 0. The van der Waals surface area contributed by atoms with Gasteiger partial charge in [0.2, 0.25) is 5.78 Å². The normalized spacial score (nSPS) is 11.0. The molecule has 0 atom stereocenters. The molecule has 5 aromatic rings. The predicted octanol–water partition coefficient (Wildman–Crippen LogP) is 5.13. The molecule has 3 heterocycles. The van der Waals surface area contributed by atoms with Crippen molar-refractivity contribution in [2.75, 3.05) is 6.61 Å². The maximum Gasteiger partial charge on any atom is 0.340 e. The van der Waals surface area contributed by atoms with E-state index in [0.717, 1.165) is 10.8 Å². The number of nitrogens with zero attached hydrogens (tertiary/aromatic N) is 2. The highest BCUT2D eigenvalue weighted by atomic mass is 16.5. The van der Waals surface area contributed by atoms with E-state index in [9.17, 15) is 14.4 Å². The summed E-state index contributed by atoms with van der Waals surface area (Å²) in [5.74, 6) is -0.987. The molecule has 0 saturated heterocycles. The molecule has 0 aliphatic carbocycles. The second-order valence-corrected chi connectivity index (χ2v) is 7.79. The Balaban J connectivity index is 1.63. The Kier molecular flexibility index (Phi) is 5.47. The molecule has 6 heteroatoms. The van der Waals surface area contributed by atoms with E-state index in [0.29, 0.717) is 27.9 Å². The number of carbonyl (C=O) groups is 3. The van der Waals surface area contributed by atoms with E-state index in [4.69, 9.17) is 4.74 Å². The van der Waals surface area contributed by atoms with Gasteiger partial charge in [-0.25, -0.2) is 4.79 Å². The summed E-state index contributed by atoms with van der Waals surface area (Å²) in [4.78, 5) is 43.1. The number of pyridine rings is 2. The number of hydrogen-bond acceptors (Lipinski definition) is 5. The van der Waals surface area contributed by atoms with Crippen LogP contribution in [-0.2, 0) is 4.74 Å². The molecule has 0 saturated carbocycles. The van der Waals surface area contributed by atoms with Crippen molar-refractivity contribution in [3.05, 3.63) is 119 Å². The quantitative estimate of drug-likeness (QED) is 0.266. The van der Waals surface area contributed by atoms with Gasteiger partial charge in [-0.05, 0) is 54.1 Å². The summed E-state index contributed by atoms with van der Waals surface area (Å²) in [5.41, 5.74) is 2.36. The maximum atomic E-state index is 13.5. The average molecular weight is 448 g/mol. The fourth-order valence-electron chi connectivity index (χ4n) is 4.03. The molecule has 3 aromatic heterocycles. The van der Waals surface area contributed by atoms with Crippen molar-refractivity contribution in [2.45, 2.75) is 6.92 Å². The number of rotatable bonds is 6. The van der Waals surface area contributed by atoms with E-state index in [1.54, 1.807) is 60.2 Å². The number of hydrogen-bond donors (Lipinski definition) is 0. The summed E-state index contributed by atoms with van der Waals surface area (Å²) in [6, 6.07) is 21.4. The molecule has 0 N–H and O–H groups in total. The zero-order valence-electron chi connectivity index (χ0n) is 18.4. The Hall–Kier alpha value is -4.58. The summed E-state index contributed by atoms with van der Waals surface area (Å²) in [5, 5.41) is 1.98. The van der Waals surface area contributed by atoms with Gasteiger partial charge in [0.25, 0.3) is 0 Å². The third-order valence-corrected chi connectivity index (χ3v) is 5.72. The SMILES string of the molecule is CCOC(=O)c1cc(C(=O)c2ccc3ccccc3c2)n2ccc(C(=O)c3ccncc3)cc12. The van der Waals surface area contributed by atoms with Crippen molar-refractivity contribution < 1.29 is 19.1 Å². The van der Waals surface area contributed by atoms with Crippen LogP contribution in [0.2, 0.25) is 0 Å². The second kappa shape index (κ2) is 8.75. The van der Waals surface area contributed by atoms with E-state index in [1.165, 1.54) is 6.07 Å². The Labute approximate surface area is 195 Å². The first-order valence-electron chi connectivity index (χ1n) is 10.9. The molecule has 0 fully saturated rings. The average Bonchev–Trinajstić information content (AvgIpc) is 3.27. The van der Waals surface area contributed by atoms with Crippen molar-refractivity contribution in [2.24, 2.45) is 0 Å². The molecule has 0 amide bonds. The molecule has 0 unspecified atom stereocenters. The number of aromatic nitrogens is 2. The second-order valence-electron chi connectivity index (χ2n) is 7.79. The van der Waals surface area contributed by atoms with Gasteiger partial charge in [0.15, 0.2) is 5.78 Å². The molecule has 166 valence electrons. The Bertz CT molecular complexity index is 1570. The van der Waals surface area contributed by atoms with Crippen LogP contribution in [0.4, 0.5) is 0 Å². The van der Waals surface area contributed by atoms with Crippen molar-refractivity contribution in [1.82, 2.24) is 9.38 Å². The first kappa shape index (κ1) is 21.3. The minimum absolute atomic E-state index is 0.194. The highest BCUT2D eigenvalue weighted by Crippen LogP contribution is 2.25. The number of fused-ring (bicyclic) bond motifs is 2. The van der Waals surface area contributed by atoms with E-state index in [2.05, 4.69) is 4.98 Å². The largest absolute Gasteiger partial charge is 0.462 e. The van der Waals surface area contributed by atoms with Gasteiger partial charge in [0.05, 0.1) is 23.4 Å². The highest BCUT2D eigenvalue weighted by molar-refractivity contribution is 6.14. The van der Waals surface area contributed by atoms with Crippen molar-refractivity contribution >= 4 is 33.8 Å². The lowest BCUT2D eigenvalue weighted by molar-refractivity contribution is 0.0528. The van der Waals surface area contributed by atoms with E-state index in [-0.39, 0.29) is 23.7 Å². The first-order chi connectivity index (χ1) is 16.6. The molecule has 2 aromatic carbocycles. The van der Waals surface area contributed by atoms with Crippen LogP contribution in [-0.4, -0.2) is 33.5 Å². The molecule has 0 aliphatic rings. The standard InChI is InChI=1S/C28H20N2O4/c1-2-34-28(33)23-17-25(27(32)21-8-7-18-5-3-4-6-20(18)15-21)30-14-11-22(16-24(23)30)26(31)19-9-12-29-13-10-19/h3-17H,2H2,1H3. The van der Waals surface area contributed by atoms with Gasteiger partial charge < -0.3 is 9.14 Å². The molecule has 6 nitrogen and oxygen atoms in total. The van der Waals surface area contributed by atoms with Gasteiger partial charge in [-0.15, -0.1) is 0 Å². The van der Waals surface area contributed by atoms with Crippen LogP contribution in [0.25, 0.3) is 16.3 Å². The van der Waals surface area contributed by atoms with Crippen molar-refractivity contribution in [1.29, 1.82) is 0 Å². The van der Waals surface area contributed by atoms with Gasteiger partial charge in [-0.3, -0.25) is 14.6 Å². The Morgan fingerprint density at radius 2 is 1.53 bits per heavy atom. The summed E-state index contributed by atoms with van der Waals surface area (Å²) in [6.07, 6.45) is 4.74. The zero-order valence-corrected chi connectivity index (χ0v) is 18.4. The molecule has 0 spiro atoms. The first-order valence-corrected chi connectivity index (χ1v) is 10.9. The number of ether oxygens (including phenoxy) is 1. The van der Waals surface area contributed by atoms with Crippen LogP contribution >= 0.6 is 0 Å². The van der Waals surface area contributed by atoms with Gasteiger partial charge >= 0.3 is 5.97 Å². The van der Waals surface area contributed by atoms with Crippen LogP contribution in [0.15, 0.2) is 91.4 Å². The van der Waals surface area contributed by atoms with E-state index in [1.807, 2.05) is 36.4 Å². The fourth-order valence-corrected chi connectivity index (χ4v) is 4.03. The van der Waals surface area contributed by atoms with Gasteiger partial charge in [-0.1, -0.05) is 36.4 Å². The Morgan fingerprint density at radius 1 is 0.794 bits per heavy atom. The highest BCUT2D eigenvalue weighted by Gasteiger charge is 2.23. The maximum absolute atomic E-state index is 13.5. The number of ketones is 2. The number of carbonyl (C=O) groups excluding carboxylic acids is 3. The van der Waals surface area contributed by atoms with Crippen LogP contribution < -0.4 is 0 Å². The van der Waals surface area contributed by atoms with Gasteiger partial charge in [-0.2, -0.15) is 0 Å². The van der Waals surface area contributed by atoms with Crippen molar-refractivity contribution in [3.63, 3.8) is 0 Å². The fraction of sp³-hybridized carbons (Fsp3) is 0.0714. The number of benzene rings is 2. The molecular weight excluding hydrogens is 428 g/mol. The molecule has 0 bridgehead atoms. The topological polar surface area (TPSA) is 77.7 Å². The third kappa shape index (κ3) is 3.75. The third-order valence-electron chi connectivity index (χ3n) is 5.72. The van der Waals surface area contributed by atoms with E-state index < -0.39 is 5.97 Å². The van der Waals surface area contributed by atoms with Crippen LogP contribution in [0.3, 0.4) is 0 Å². The van der Waals surface area contributed by atoms with Gasteiger partial charge in [0.1, 0.15) is 0 Å². The van der Waals surface area contributed by atoms with Crippen LogP contribution in [0.5, 0.6) is 0 Å².